The first-order valence-electron chi connectivity index (χ1n) is 4.50. The molecule has 0 unspecified atom stereocenters. The minimum atomic E-state index is -2.50. The third-order valence-electron chi connectivity index (χ3n) is 2.12. The standard InChI is InChI=1S/C11H11BrF2O/c1-7(15)5-8-3-2-4-9(11(13)14)10(8)6-12/h2-4,11H,5-6H2,1H3. The van der Waals surface area contributed by atoms with E-state index < -0.39 is 6.43 Å². The number of Topliss-reactive ketones (excluding diaryl/α,β-unsaturated/α-hetero) is 1. The smallest absolute Gasteiger partial charge is 0.264 e. The van der Waals surface area contributed by atoms with E-state index in [-0.39, 0.29) is 17.8 Å². The molecular formula is C11H11BrF2O. The number of alkyl halides is 3. The number of hydrogen-bond donors (Lipinski definition) is 0. The van der Waals surface area contributed by atoms with E-state index in [1.165, 1.54) is 13.0 Å². The fourth-order valence-corrected chi connectivity index (χ4v) is 2.14. The summed E-state index contributed by atoms with van der Waals surface area (Å²) in [5, 5.41) is 0.343. The maximum absolute atomic E-state index is 12.6. The highest BCUT2D eigenvalue weighted by atomic mass is 79.9. The molecule has 0 fully saturated rings. The van der Waals surface area contributed by atoms with Gasteiger partial charge in [0.1, 0.15) is 5.78 Å². The molecule has 0 aromatic heterocycles. The number of carbonyl (C=O) groups is 1. The number of ketones is 1. The number of halogens is 3. The van der Waals surface area contributed by atoms with E-state index >= 15 is 0 Å². The number of carbonyl (C=O) groups excluding carboxylic acids is 1. The van der Waals surface area contributed by atoms with Crippen molar-refractivity contribution in [3.63, 3.8) is 0 Å². The topological polar surface area (TPSA) is 17.1 Å². The van der Waals surface area contributed by atoms with Crippen LogP contribution in [0.2, 0.25) is 0 Å². The molecule has 4 heteroatoms. The summed E-state index contributed by atoms with van der Waals surface area (Å²) in [5.74, 6) is -0.0244. The summed E-state index contributed by atoms with van der Waals surface area (Å²) in [6.07, 6.45) is -2.29. The normalized spacial score (nSPS) is 10.7. The Morgan fingerprint density at radius 1 is 1.47 bits per heavy atom. The molecular weight excluding hydrogens is 266 g/mol. The summed E-state index contributed by atoms with van der Waals surface area (Å²) >= 11 is 3.17. The summed E-state index contributed by atoms with van der Waals surface area (Å²) in [7, 11) is 0. The molecule has 1 aromatic rings. The third kappa shape index (κ3) is 3.09. The minimum absolute atomic E-state index is 0.00521. The van der Waals surface area contributed by atoms with Gasteiger partial charge in [-0.15, -0.1) is 0 Å². The first-order valence-corrected chi connectivity index (χ1v) is 5.62. The molecule has 0 saturated carbocycles. The second-order valence-corrected chi connectivity index (χ2v) is 3.86. The molecule has 0 amide bonds. The van der Waals surface area contributed by atoms with Gasteiger partial charge in [0, 0.05) is 17.3 Å². The number of benzene rings is 1. The van der Waals surface area contributed by atoms with Gasteiger partial charge in [-0.1, -0.05) is 34.1 Å². The molecule has 15 heavy (non-hydrogen) atoms. The van der Waals surface area contributed by atoms with Gasteiger partial charge < -0.3 is 0 Å². The van der Waals surface area contributed by atoms with Crippen molar-refractivity contribution >= 4 is 21.7 Å². The molecule has 0 aliphatic rings. The molecule has 0 bridgehead atoms. The summed E-state index contributed by atoms with van der Waals surface area (Å²) in [6, 6.07) is 4.67. The van der Waals surface area contributed by atoms with E-state index in [0.29, 0.717) is 16.5 Å². The Balaban J connectivity index is 3.15. The fourth-order valence-electron chi connectivity index (χ4n) is 1.46. The Hall–Kier alpha value is -0.770. The van der Waals surface area contributed by atoms with Gasteiger partial charge in [-0.2, -0.15) is 0 Å². The predicted molar refractivity (Wildman–Crippen MR) is 58.4 cm³/mol. The van der Waals surface area contributed by atoms with Gasteiger partial charge >= 0.3 is 0 Å². The van der Waals surface area contributed by atoms with Crippen molar-refractivity contribution in [2.24, 2.45) is 0 Å². The van der Waals surface area contributed by atoms with Gasteiger partial charge in [0.2, 0.25) is 0 Å². The lowest BCUT2D eigenvalue weighted by molar-refractivity contribution is -0.116. The zero-order valence-corrected chi connectivity index (χ0v) is 9.85. The van der Waals surface area contributed by atoms with Crippen LogP contribution in [0.25, 0.3) is 0 Å². The van der Waals surface area contributed by atoms with Crippen LogP contribution >= 0.6 is 15.9 Å². The van der Waals surface area contributed by atoms with Gasteiger partial charge in [-0.3, -0.25) is 4.79 Å². The largest absolute Gasteiger partial charge is 0.300 e. The Morgan fingerprint density at radius 2 is 2.13 bits per heavy atom. The van der Waals surface area contributed by atoms with Crippen molar-refractivity contribution < 1.29 is 13.6 Å². The predicted octanol–water partition coefficient (Wildman–Crippen LogP) is 3.65. The van der Waals surface area contributed by atoms with Crippen molar-refractivity contribution in [3.05, 3.63) is 34.9 Å². The van der Waals surface area contributed by atoms with Crippen molar-refractivity contribution in [2.45, 2.75) is 25.1 Å². The van der Waals surface area contributed by atoms with Crippen LogP contribution in [0, 0.1) is 0 Å². The van der Waals surface area contributed by atoms with Crippen LogP contribution in [0.5, 0.6) is 0 Å². The molecule has 0 aliphatic carbocycles. The lowest BCUT2D eigenvalue weighted by atomic mass is 9.99. The highest BCUT2D eigenvalue weighted by Crippen LogP contribution is 2.27. The van der Waals surface area contributed by atoms with Crippen LogP contribution in [-0.4, -0.2) is 5.78 Å². The van der Waals surface area contributed by atoms with Crippen LogP contribution < -0.4 is 0 Å². The molecule has 0 heterocycles. The van der Waals surface area contributed by atoms with E-state index in [4.69, 9.17) is 0 Å². The van der Waals surface area contributed by atoms with Crippen molar-refractivity contribution in [2.75, 3.05) is 0 Å². The van der Waals surface area contributed by atoms with Gasteiger partial charge in [-0.05, 0) is 18.1 Å². The Kier molecular flexibility index (Phi) is 4.39. The van der Waals surface area contributed by atoms with E-state index in [0.717, 1.165) is 0 Å². The molecule has 0 aliphatic heterocycles. The third-order valence-corrected chi connectivity index (χ3v) is 2.68. The van der Waals surface area contributed by atoms with Gasteiger partial charge in [0.15, 0.2) is 0 Å². The van der Waals surface area contributed by atoms with Gasteiger partial charge in [0.25, 0.3) is 6.43 Å². The average Bonchev–Trinajstić information content (AvgIpc) is 2.16. The van der Waals surface area contributed by atoms with Crippen LogP contribution in [0.3, 0.4) is 0 Å². The van der Waals surface area contributed by atoms with E-state index in [9.17, 15) is 13.6 Å². The molecule has 1 rings (SSSR count). The summed E-state index contributed by atoms with van der Waals surface area (Å²) in [4.78, 5) is 11.0. The molecule has 0 radical (unpaired) electrons. The number of rotatable bonds is 4. The molecule has 0 spiro atoms. The molecule has 1 nitrogen and oxygen atoms in total. The minimum Gasteiger partial charge on any atom is -0.300 e. The summed E-state index contributed by atoms with van der Waals surface area (Å²) in [5.41, 5.74) is 1.21. The van der Waals surface area contributed by atoms with Crippen LogP contribution in [0.1, 0.15) is 30.0 Å². The maximum Gasteiger partial charge on any atom is 0.264 e. The fraction of sp³-hybridized carbons (Fsp3) is 0.364. The Labute approximate surface area is 95.6 Å². The van der Waals surface area contributed by atoms with Crippen LogP contribution in [0.15, 0.2) is 18.2 Å². The van der Waals surface area contributed by atoms with E-state index in [1.54, 1.807) is 12.1 Å². The molecule has 0 saturated heterocycles. The van der Waals surface area contributed by atoms with Gasteiger partial charge in [0.05, 0.1) is 0 Å². The van der Waals surface area contributed by atoms with Crippen molar-refractivity contribution in [1.82, 2.24) is 0 Å². The second kappa shape index (κ2) is 5.35. The first-order chi connectivity index (χ1) is 7.06. The lowest BCUT2D eigenvalue weighted by Gasteiger charge is -2.11. The lowest BCUT2D eigenvalue weighted by Crippen LogP contribution is -2.03. The number of hydrogen-bond acceptors (Lipinski definition) is 1. The summed E-state index contributed by atoms with van der Waals surface area (Å²) < 4.78 is 25.3. The molecule has 0 atom stereocenters. The zero-order chi connectivity index (χ0) is 11.4. The molecule has 1 aromatic carbocycles. The van der Waals surface area contributed by atoms with E-state index in [2.05, 4.69) is 15.9 Å². The van der Waals surface area contributed by atoms with E-state index in [1.807, 2.05) is 0 Å². The zero-order valence-electron chi connectivity index (χ0n) is 8.27. The average molecular weight is 277 g/mol. The quantitative estimate of drug-likeness (QED) is 0.768. The van der Waals surface area contributed by atoms with Crippen molar-refractivity contribution in [1.29, 1.82) is 0 Å². The SMILES string of the molecule is CC(=O)Cc1cccc(C(F)F)c1CBr. The van der Waals surface area contributed by atoms with Crippen LogP contribution in [-0.2, 0) is 16.5 Å². The van der Waals surface area contributed by atoms with Crippen molar-refractivity contribution in [3.8, 4) is 0 Å². The molecule has 82 valence electrons. The summed E-state index contributed by atoms with van der Waals surface area (Å²) in [6.45, 7) is 1.45. The van der Waals surface area contributed by atoms with Gasteiger partial charge in [-0.25, -0.2) is 8.78 Å². The van der Waals surface area contributed by atoms with Crippen LogP contribution in [0.4, 0.5) is 8.78 Å². The molecule has 0 N–H and O–H groups in total. The highest BCUT2D eigenvalue weighted by molar-refractivity contribution is 9.08. The Morgan fingerprint density at radius 3 is 2.60 bits per heavy atom. The Bertz CT molecular complexity index is 364. The highest BCUT2D eigenvalue weighted by Gasteiger charge is 2.15. The first kappa shape index (κ1) is 12.3. The monoisotopic (exact) mass is 276 g/mol. The second-order valence-electron chi connectivity index (χ2n) is 3.30. The maximum atomic E-state index is 12.6.